The molecular formula is C19H31NO6S. The summed E-state index contributed by atoms with van der Waals surface area (Å²) in [7, 11) is -0.646. The maximum atomic E-state index is 13.0. The van der Waals surface area contributed by atoms with Gasteiger partial charge in [0.05, 0.1) is 18.6 Å². The third-order valence-electron chi connectivity index (χ3n) is 4.06. The molecular weight excluding hydrogens is 370 g/mol. The van der Waals surface area contributed by atoms with E-state index in [0.717, 1.165) is 5.56 Å². The Morgan fingerprint density at radius 2 is 1.74 bits per heavy atom. The number of hydrogen-bond acceptors (Lipinski definition) is 6. The number of aryl methyl sites for hydroxylation is 1. The van der Waals surface area contributed by atoms with Gasteiger partial charge in [0.2, 0.25) is 10.0 Å². The molecule has 0 saturated carbocycles. The molecule has 0 atom stereocenters. The standard InChI is InChI=1S/C19H31NO6S/c1-13-11-16(24-8)14(2)15(3)18(13)27(22,23)20(7)9-10-25-12-17(21)26-19(4,5)6/h11H,9-10,12H2,1-8H3. The van der Waals surface area contributed by atoms with Gasteiger partial charge in [0.25, 0.3) is 0 Å². The van der Waals surface area contributed by atoms with Crippen LogP contribution in [0.4, 0.5) is 0 Å². The van der Waals surface area contributed by atoms with Crippen LogP contribution >= 0.6 is 0 Å². The molecule has 27 heavy (non-hydrogen) atoms. The first kappa shape index (κ1) is 23.4. The van der Waals surface area contributed by atoms with Gasteiger partial charge in [0, 0.05) is 13.6 Å². The van der Waals surface area contributed by atoms with Gasteiger partial charge in [-0.1, -0.05) is 0 Å². The van der Waals surface area contributed by atoms with Crippen LogP contribution in [0.3, 0.4) is 0 Å². The lowest BCUT2D eigenvalue weighted by Gasteiger charge is -2.22. The van der Waals surface area contributed by atoms with Gasteiger partial charge >= 0.3 is 5.97 Å². The Labute approximate surface area is 162 Å². The lowest BCUT2D eigenvalue weighted by atomic mass is 10.1. The highest BCUT2D eigenvalue weighted by Gasteiger charge is 2.27. The quantitative estimate of drug-likeness (QED) is 0.492. The van der Waals surface area contributed by atoms with Crippen molar-refractivity contribution in [2.24, 2.45) is 0 Å². The lowest BCUT2D eigenvalue weighted by molar-refractivity contribution is -0.160. The molecule has 0 saturated heterocycles. The highest BCUT2D eigenvalue weighted by molar-refractivity contribution is 7.89. The summed E-state index contributed by atoms with van der Waals surface area (Å²) in [6, 6.07) is 1.72. The van der Waals surface area contributed by atoms with Gasteiger partial charge in [-0.15, -0.1) is 0 Å². The van der Waals surface area contributed by atoms with E-state index in [1.54, 1.807) is 47.8 Å². The molecule has 0 radical (unpaired) electrons. The van der Waals surface area contributed by atoms with Crippen molar-refractivity contribution in [1.82, 2.24) is 4.31 Å². The number of methoxy groups -OCH3 is 1. The predicted octanol–water partition coefficient (Wildman–Crippen LogP) is 2.60. The first-order valence-electron chi connectivity index (χ1n) is 8.72. The van der Waals surface area contributed by atoms with Crippen LogP contribution in [0.15, 0.2) is 11.0 Å². The number of sulfonamides is 1. The Balaban J connectivity index is 2.80. The van der Waals surface area contributed by atoms with Gasteiger partial charge in [-0.05, 0) is 64.3 Å². The average Bonchev–Trinajstić information content (AvgIpc) is 2.52. The van der Waals surface area contributed by atoms with E-state index in [9.17, 15) is 13.2 Å². The highest BCUT2D eigenvalue weighted by atomic mass is 32.2. The van der Waals surface area contributed by atoms with Gasteiger partial charge in [0.15, 0.2) is 0 Å². The summed E-state index contributed by atoms with van der Waals surface area (Å²) in [4.78, 5) is 11.9. The van der Waals surface area contributed by atoms with Crippen molar-refractivity contribution >= 4 is 16.0 Å². The largest absolute Gasteiger partial charge is 0.496 e. The second kappa shape index (κ2) is 9.03. The molecule has 154 valence electrons. The number of carbonyl (C=O) groups excluding carboxylic acids is 1. The molecule has 0 heterocycles. The fourth-order valence-corrected chi connectivity index (χ4v) is 4.26. The van der Waals surface area contributed by atoms with E-state index in [1.165, 1.54) is 11.4 Å². The molecule has 0 fully saturated rings. The van der Waals surface area contributed by atoms with E-state index in [1.807, 2.05) is 6.92 Å². The fraction of sp³-hybridized carbons (Fsp3) is 0.632. The van der Waals surface area contributed by atoms with Gasteiger partial charge in [0.1, 0.15) is 18.0 Å². The van der Waals surface area contributed by atoms with Crippen molar-refractivity contribution in [3.05, 3.63) is 22.8 Å². The van der Waals surface area contributed by atoms with Gasteiger partial charge < -0.3 is 14.2 Å². The number of rotatable bonds is 8. The molecule has 0 bridgehead atoms. The first-order chi connectivity index (χ1) is 12.3. The maximum absolute atomic E-state index is 13.0. The van der Waals surface area contributed by atoms with Crippen LogP contribution in [-0.2, 0) is 24.3 Å². The Kier molecular flexibility index (Phi) is 7.83. The van der Waals surface area contributed by atoms with Crippen molar-refractivity contribution in [2.45, 2.75) is 52.0 Å². The summed E-state index contributed by atoms with van der Waals surface area (Å²) in [5.74, 6) is 0.178. The Morgan fingerprint density at radius 3 is 2.26 bits per heavy atom. The summed E-state index contributed by atoms with van der Waals surface area (Å²) < 4.78 is 42.9. The van der Waals surface area contributed by atoms with E-state index < -0.39 is 21.6 Å². The summed E-state index contributed by atoms with van der Waals surface area (Å²) in [6.45, 7) is 10.6. The number of hydrogen-bond donors (Lipinski definition) is 0. The molecule has 0 unspecified atom stereocenters. The predicted molar refractivity (Wildman–Crippen MR) is 104 cm³/mol. The highest BCUT2D eigenvalue weighted by Crippen LogP contribution is 2.31. The zero-order valence-electron chi connectivity index (χ0n) is 17.5. The van der Waals surface area contributed by atoms with Crippen LogP contribution in [-0.4, -0.2) is 58.2 Å². The molecule has 0 N–H and O–H groups in total. The summed E-state index contributed by atoms with van der Waals surface area (Å²) in [5.41, 5.74) is 1.49. The monoisotopic (exact) mass is 401 g/mol. The molecule has 0 amide bonds. The van der Waals surface area contributed by atoms with Crippen LogP contribution in [0.5, 0.6) is 5.75 Å². The minimum atomic E-state index is -3.70. The summed E-state index contributed by atoms with van der Waals surface area (Å²) in [5, 5.41) is 0. The van der Waals surface area contributed by atoms with Gasteiger partial charge in [-0.2, -0.15) is 4.31 Å². The molecule has 1 aromatic rings. The third kappa shape index (κ3) is 6.19. The average molecular weight is 402 g/mol. The van der Waals surface area contributed by atoms with E-state index in [4.69, 9.17) is 14.2 Å². The van der Waals surface area contributed by atoms with E-state index in [0.29, 0.717) is 16.9 Å². The van der Waals surface area contributed by atoms with Crippen LogP contribution in [0, 0.1) is 20.8 Å². The minimum Gasteiger partial charge on any atom is -0.496 e. The SMILES string of the molecule is COc1cc(C)c(S(=O)(=O)N(C)CCOCC(=O)OC(C)(C)C)c(C)c1C. The normalized spacial score (nSPS) is 12.3. The Bertz CT molecular complexity index is 780. The van der Waals surface area contributed by atoms with Crippen LogP contribution in [0.2, 0.25) is 0 Å². The van der Waals surface area contributed by atoms with E-state index >= 15 is 0 Å². The molecule has 1 rings (SSSR count). The molecule has 0 aromatic heterocycles. The third-order valence-corrected chi connectivity index (χ3v) is 6.20. The van der Waals surface area contributed by atoms with Crippen molar-refractivity contribution in [3.63, 3.8) is 0 Å². The summed E-state index contributed by atoms with van der Waals surface area (Å²) >= 11 is 0. The fourth-order valence-electron chi connectivity index (χ4n) is 2.63. The number of benzene rings is 1. The van der Waals surface area contributed by atoms with Crippen LogP contribution < -0.4 is 4.74 Å². The zero-order valence-corrected chi connectivity index (χ0v) is 18.3. The molecule has 0 aliphatic heterocycles. The Morgan fingerprint density at radius 1 is 1.15 bits per heavy atom. The zero-order chi connectivity index (χ0) is 21.0. The molecule has 1 aromatic carbocycles. The van der Waals surface area contributed by atoms with Crippen LogP contribution in [0.25, 0.3) is 0 Å². The number of ether oxygens (including phenoxy) is 3. The molecule has 0 spiro atoms. The molecule has 7 nitrogen and oxygen atoms in total. The number of esters is 1. The van der Waals surface area contributed by atoms with Gasteiger partial charge in [-0.3, -0.25) is 0 Å². The van der Waals surface area contributed by atoms with E-state index in [2.05, 4.69) is 0 Å². The first-order valence-corrected chi connectivity index (χ1v) is 10.2. The molecule has 0 aliphatic rings. The minimum absolute atomic E-state index is 0.0855. The van der Waals surface area contributed by atoms with Crippen molar-refractivity contribution < 1.29 is 27.4 Å². The van der Waals surface area contributed by atoms with Crippen molar-refractivity contribution in [2.75, 3.05) is 33.9 Å². The number of likely N-dealkylation sites (N-methyl/N-ethyl adjacent to an activating group) is 1. The smallest absolute Gasteiger partial charge is 0.332 e. The van der Waals surface area contributed by atoms with E-state index in [-0.39, 0.29) is 24.7 Å². The maximum Gasteiger partial charge on any atom is 0.332 e. The lowest BCUT2D eigenvalue weighted by Crippen LogP contribution is -2.32. The van der Waals surface area contributed by atoms with Crippen molar-refractivity contribution in [1.29, 1.82) is 0 Å². The van der Waals surface area contributed by atoms with Crippen LogP contribution in [0.1, 0.15) is 37.5 Å². The number of carbonyl (C=O) groups is 1. The number of nitrogens with zero attached hydrogens (tertiary/aromatic N) is 1. The second-order valence-electron chi connectivity index (χ2n) is 7.44. The van der Waals surface area contributed by atoms with Crippen molar-refractivity contribution in [3.8, 4) is 5.75 Å². The summed E-state index contributed by atoms with van der Waals surface area (Å²) in [6.07, 6.45) is 0. The Hall–Kier alpha value is -1.64. The topological polar surface area (TPSA) is 82.1 Å². The second-order valence-corrected chi connectivity index (χ2v) is 9.42. The van der Waals surface area contributed by atoms with Gasteiger partial charge in [-0.25, -0.2) is 13.2 Å². The molecule has 8 heteroatoms. The molecule has 0 aliphatic carbocycles.